The van der Waals surface area contributed by atoms with Crippen LogP contribution in [0.2, 0.25) is 0 Å². The molecule has 0 spiro atoms. The zero-order chi connectivity index (χ0) is 11.1. The van der Waals surface area contributed by atoms with E-state index >= 15 is 0 Å². The van der Waals surface area contributed by atoms with E-state index in [1.165, 1.54) is 0 Å². The van der Waals surface area contributed by atoms with Gasteiger partial charge in [-0.05, 0) is 13.8 Å². The Balaban J connectivity index is 2.04. The van der Waals surface area contributed by atoms with Gasteiger partial charge in [-0.3, -0.25) is 4.90 Å². The zero-order valence-corrected chi connectivity index (χ0v) is 10.2. The molecule has 1 N–H and O–H groups in total. The molecular weight excluding hydrogens is 192 g/mol. The molecule has 0 radical (unpaired) electrons. The van der Waals surface area contributed by atoms with Gasteiger partial charge in [0.1, 0.15) is 0 Å². The normalized spacial score (nSPS) is 22.6. The van der Waals surface area contributed by atoms with Crippen LogP contribution in [0.25, 0.3) is 0 Å². The molecule has 0 aromatic rings. The van der Waals surface area contributed by atoms with Gasteiger partial charge in [-0.1, -0.05) is 0 Å². The van der Waals surface area contributed by atoms with Crippen LogP contribution in [0, 0.1) is 0 Å². The first-order chi connectivity index (χ1) is 7.24. The fourth-order valence-electron chi connectivity index (χ4n) is 1.65. The van der Waals surface area contributed by atoms with E-state index in [4.69, 9.17) is 9.47 Å². The summed E-state index contributed by atoms with van der Waals surface area (Å²) in [5.74, 6) is 0. The molecular formula is C11H24N2O2. The summed E-state index contributed by atoms with van der Waals surface area (Å²) in [6.07, 6.45) is 0.273. The van der Waals surface area contributed by atoms with Crippen molar-refractivity contribution in [3.63, 3.8) is 0 Å². The third kappa shape index (κ3) is 4.93. The molecule has 4 nitrogen and oxygen atoms in total. The van der Waals surface area contributed by atoms with E-state index in [1.807, 2.05) is 0 Å². The van der Waals surface area contributed by atoms with Gasteiger partial charge in [0.25, 0.3) is 0 Å². The van der Waals surface area contributed by atoms with Crippen LogP contribution < -0.4 is 5.32 Å². The summed E-state index contributed by atoms with van der Waals surface area (Å²) in [5, 5.41) is 3.47. The molecule has 4 heteroatoms. The number of rotatable bonds is 6. The van der Waals surface area contributed by atoms with Crippen LogP contribution in [-0.2, 0) is 9.47 Å². The van der Waals surface area contributed by atoms with Gasteiger partial charge in [-0.15, -0.1) is 0 Å². The molecule has 0 aromatic heterocycles. The van der Waals surface area contributed by atoms with Crippen molar-refractivity contribution in [2.45, 2.75) is 26.0 Å². The molecule has 2 unspecified atom stereocenters. The fraction of sp³-hybridized carbons (Fsp3) is 1.00. The molecule has 1 heterocycles. The smallest absolute Gasteiger partial charge is 0.0693 e. The summed E-state index contributed by atoms with van der Waals surface area (Å²) in [6.45, 7) is 10.3. The molecule has 0 aliphatic carbocycles. The molecule has 15 heavy (non-hydrogen) atoms. The highest BCUT2D eigenvalue weighted by Gasteiger charge is 2.12. The van der Waals surface area contributed by atoms with Crippen molar-refractivity contribution in [1.29, 1.82) is 0 Å². The van der Waals surface area contributed by atoms with Gasteiger partial charge in [0, 0.05) is 39.3 Å². The van der Waals surface area contributed by atoms with Gasteiger partial charge < -0.3 is 14.8 Å². The zero-order valence-electron chi connectivity index (χ0n) is 10.2. The maximum Gasteiger partial charge on any atom is 0.0693 e. The second kappa shape index (κ2) is 7.17. The van der Waals surface area contributed by atoms with Crippen molar-refractivity contribution in [3.05, 3.63) is 0 Å². The van der Waals surface area contributed by atoms with Crippen molar-refractivity contribution in [3.8, 4) is 0 Å². The Kier molecular flexibility index (Phi) is 6.17. The SMILES string of the molecule is COC(C)C(C)NCCN1CCOCC1. The number of nitrogens with one attached hydrogen (secondary N) is 1. The van der Waals surface area contributed by atoms with Crippen molar-refractivity contribution >= 4 is 0 Å². The van der Waals surface area contributed by atoms with E-state index in [0.29, 0.717) is 6.04 Å². The van der Waals surface area contributed by atoms with Crippen molar-refractivity contribution in [1.82, 2.24) is 10.2 Å². The van der Waals surface area contributed by atoms with E-state index in [-0.39, 0.29) is 6.10 Å². The number of morpholine rings is 1. The molecule has 0 saturated carbocycles. The van der Waals surface area contributed by atoms with E-state index in [1.54, 1.807) is 7.11 Å². The molecule has 1 aliphatic rings. The van der Waals surface area contributed by atoms with Crippen molar-refractivity contribution < 1.29 is 9.47 Å². The molecule has 0 aromatic carbocycles. The Bertz CT molecular complexity index is 159. The van der Waals surface area contributed by atoms with Gasteiger partial charge in [-0.25, -0.2) is 0 Å². The topological polar surface area (TPSA) is 33.7 Å². The Morgan fingerprint density at radius 2 is 2.00 bits per heavy atom. The average Bonchev–Trinajstić information content (AvgIpc) is 2.29. The van der Waals surface area contributed by atoms with Crippen molar-refractivity contribution in [2.24, 2.45) is 0 Å². The summed E-state index contributed by atoms with van der Waals surface area (Å²) < 4.78 is 10.6. The van der Waals surface area contributed by atoms with Gasteiger partial charge in [0.2, 0.25) is 0 Å². The minimum atomic E-state index is 0.273. The number of nitrogens with zero attached hydrogens (tertiary/aromatic N) is 1. The molecule has 1 rings (SSSR count). The second-order valence-corrected chi connectivity index (χ2v) is 4.14. The predicted molar refractivity (Wildman–Crippen MR) is 61.2 cm³/mol. The molecule has 0 bridgehead atoms. The number of methoxy groups -OCH3 is 1. The largest absolute Gasteiger partial charge is 0.380 e. The van der Waals surface area contributed by atoms with E-state index < -0.39 is 0 Å². The van der Waals surface area contributed by atoms with Crippen molar-refractivity contribution in [2.75, 3.05) is 46.5 Å². The summed E-state index contributed by atoms with van der Waals surface area (Å²) >= 11 is 0. The first-order valence-electron chi connectivity index (χ1n) is 5.80. The molecule has 1 fully saturated rings. The highest BCUT2D eigenvalue weighted by molar-refractivity contribution is 4.70. The maximum absolute atomic E-state index is 5.30. The Morgan fingerprint density at radius 3 is 2.60 bits per heavy atom. The fourth-order valence-corrected chi connectivity index (χ4v) is 1.65. The van der Waals surface area contributed by atoms with Crippen LogP contribution in [-0.4, -0.2) is 63.5 Å². The Labute approximate surface area is 92.9 Å². The average molecular weight is 216 g/mol. The van der Waals surface area contributed by atoms with E-state index in [9.17, 15) is 0 Å². The summed E-state index contributed by atoms with van der Waals surface area (Å²) in [5.41, 5.74) is 0. The molecule has 90 valence electrons. The standard InChI is InChI=1S/C11H24N2O2/c1-10(11(2)14-3)12-4-5-13-6-8-15-9-7-13/h10-12H,4-9H2,1-3H3. The monoisotopic (exact) mass is 216 g/mol. The molecule has 1 aliphatic heterocycles. The lowest BCUT2D eigenvalue weighted by Gasteiger charge is -2.28. The predicted octanol–water partition coefficient (Wildman–Crippen LogP) is 0.332. The summed E-state index contributed by atoms with van der Waals surface area (Å²) in [7, 11) is 1.75. The number of hydrogen-bond donors (Lipinski definition) is 1. The third-order valence-electron chi connectivity index (χ3n) is 3.07. The summed E-state index contributed by atoms with van der Waals surface area (Å²) in [6, 6.07) is 0.413. The lowest BCUT2D eigenvalue weighted by atomic mass is 10.2. The minimum absolute atomic E-state index is 0.273. The quantitative estimate of drug-likeness (QED) is 0.694. The lowest BCUT2D eigenvalue weighted by Crippen LogP contribution is -2.44. The minimum Gasteiger partial charge on any atom is -0.380 e. The first kappa shape index (κ1) is 12.9. The van der Waals surface area contributed by atoms with Crippen LogP contribution in [0.4, 0.5) is 0 Å². The van der Waals surface area contributed by atoms with E-state index in [2.05, 4.69) is 24.1 Å². The highest BCUT2D eigenvalue weighted by Crippen LogP contribution is 1.97. The Morgan fingerprint density at radius 1 is 1.33 bits per heavy atom. The number of ether oxygens (including phenoxy) is 2. The van der Waals surface area contributed by atoms with Gasteiger partial charge >= 0.3 is 0 Å². The van der Waals surface area contributed by atoms with Crippen LogP contribution in [0.15, 0.2) is 0 Å². The van der Waals surface area contributed by atoms with Crippen LogP contribution in [0.3, 0.4) is 0 Å². The van der Waals surface area contributed by atoms with Crippen LogP contribution >= 0.6 is 0 Å². The highest BCUT2D eigenvalue weighted by atomic mass is 16.5. The van der Waals surface area contributed by atoms with Crippen LogP contribution in [0.5, 0.6) is 0 Å². The molecule has 2 atom stereocenters. The van der Waals surface area contributed by atoms with Crippen LogP contribution in [0.1, 0.15) is 13.8 Å². The summed E-state index contributed by atoms with van der Waals surface area (Å²) in [4.78, 5) is 2.43. The second-order valence-electron chi connectivity index (χ2n) is 4.14. The van der Waals surface area contributed by atoms with Gasteiger partial charge in [0.05, 0.1) is 19.3 Å². The third-order valence-corrected chi connectivity index (χ3v) is 3.07. The lowest BCUT2D eigenvalue weighted by molar-refractivity contribution is 0.0365. The van der Waals surface area contributed by atoms with E-state index in [0.717, 1.165) is 39.4 Å². The molecule has 0 amide bonds. The van der Waals surface area contributed by atoms with Gasteiger partial charge in [0.15, 0.2) is 0 Å². The Hall–Kier alpha value is -0.160. The molecule has 1 saturated heterocycles. The first-order valence-corrected chi connectivity index (χ1v) is 5.80. The van der Waals surface area contributed by atoms with Gasteiger partial charge in [-0.2, -0.15) is 0 Å². The maximum atomic E-state index is 5.30. The number of hydrogen-bond acceptors (Lipinski definition) is 4.